The minimum absolute atomic E-state index is 0.157. The van der Waals surface area contributed by atoms with Crippen LogP contribution in [-0.4, -0.2) is 22.6 Å². The van der Waals surface area contributed by atoms with Crippen LogP contribution >= 0.6 is 0 Å². The molecule has 0 spiro atoms. The summed E-state index contributed by atoms with van der Waals surface area (Å²) < 4.78 is 0. The second-order valence-corrected chi connectivity index (χ2v) is 3.73. The first-order valence-electron chi connectivity index (χ1n) is 5.16. The van der Waals surface area contributed by atoms with Gasteiger partial charge in [-0.1, -0.05) is 6.07 Å². The normalized spacial score (nSPS) is 14.7. The molecule has 4 heteroatoms. The van der Waals surface area contributed by atoms with Gasteiger partial charge in [-0.05, 0) is 11.6 Å². The molecule has 0 saturated heterocycles. The monoisotopic (exact) mass is 206 g/mol. The molecule has 0 unspecified atom stereocenters. The maximum absolute atomic E-state index is 10.4. The Hall–Kier alpha value is -1.42. The van der Waals surface area contributed by atoms with Crippen LogP contribution in [0.3, 0.4) is 0 Å². The lowest BCUT2D eigenvalue weighted by atomic mass is 10.1. The van der Waals surface area contributed by atoms with Crippen LogP contribution in [0.5, 0.6) is 0 Å². The summed E-state index contributed by atoms with van der Waals surface area (Å²) >= 11 is 0. The third-order valence-corrected chi connectivity index (χ3v) is 2.58. The average Bonchev–Trinajstić information content (AvgIpc) is 2.26. The highest BCUT2D eigenvalue weighted by Gasteiger charge is 2.10. The van der Waals surface area contributed by atoms with Crippen LogP contribution in [-0.2, 0) is 24.2 Å². The molecule has 0 aliphatic carbocycles. The molecule has 1 aromatic heterocycles. The Morgan fingerprint density at radius 1 is 1.53 bits per heavy atom. The Kier molecular flexibility index (Phi) is 2.97. The minimum atomic E-state index is -0.767. The smallest absolute Gasteiger partial charge is 0.303 e. The van der Waals surface area contributed by atoms with Gasteiger partial charge >= 0.3 is 5.97 Å². The first-order valence-corrected chi connectivity index (χ1v) is 5.16. The summed E-state index contributed by atoms with van der Waals surface area (Å²) in [5, 5.41) is 11.9. The fraction of sp³-hybridized carbons (Fsp3) is 0.455. The number of aryl methyl sites for hydroxylation is 1. The number of carboxylic acids is 1. The summed E-state index contributed by atoms with van der Waals surface area (Å²) in [5.74, 6) is -0.767. The maximum Gasteiger partial charge on any atom is 0.303 e. The largest absolute Gasteiger partial charge is 0.481 e. The topological polar surface area (TPSA) is 62.2 Å². The van der Waals surface area contributed by atoms with Gasteiger partial charge in [-0.3, -0.25) is 9.78 Å². The number of rotatable bonds is 3. The highest BCUT2D eigenvalue weighted by atomic mass is 16.4. The zero-order valence-electron chi connectivity index (χ0n) is 8.49. The molecule has 2 rings (SSSR count). The molecule has 1 aliphatic rings. The van der Waals surface area contributed by atoms with Crippen molar-refractivity contribution in [2.75, 3.05) is 6.54 Å². The van der Waals surface area contributed by atoms with Gasteiger partial charge in [-0.15, -0.1) is 0 Å². The molecule has 2 N–H and O–H groups in total. The highest BCUT2D eigenvalue weighted by Crippen LogP contribution is 2.12. The lowest BCUT2D eigenvalue weighted by Gasteiger charge is -2.16. The number of pyridine rings is 1. The van der Waals surface area contributed by atoms with Crippen molar-refractivity contribution in [2.24, 2.45) is 0 Å². The molecule has 0 bridgehead atoms. The summed E-state index contributed by atoms with van der Waals surface area (Å²) in [6, 6.07) is 3.97. The lowest BCUT2D eigenvalue weighted by molar-refractivity contribution is -0.136. The van der Waals surface area contributed by atoms with Gasteiger partial charge in [0.25, 0.3) is 0 Å². The molecular formula is C11H14N2O2. The SMILES string of the molecule is O=C(O)CCc1ccc2c(n1)CCNC2. The standard InChI is InChI=1S/C11H14N2O2/c14-11(15)4-3-9-2-1-8-7-12-6-5-10(8)13-9/h1-2,12H,3-7H2,(H,14,15). The molecule has 1 aromatic rings. The predicted molar refractivity (Wildman–Crippen MR) is 55.6 cm³/mol. The van der Waals surface area contributed by atoms with E-state index in [0.717, 1.165) is 30.9 Å². The third kappa shape index (κ3) is 2.53. The first kappa shape index (κ1) is 10.1. The van der Waals surface area contributed by atoms with Crippen molar-refractivity contribution < 1.29 is 9.90 Å². The van der Waals surface area contributed by atoms with Crippen LogP contribution in [0.2, 0.25) is 0 Å². The molecule has 0 atom stereocenters. The second-order valence-electron chi connectivity index (χ2n) is 3.73. The van der Waals surface area contributed by atoms with E-state index in [1.807, 2.05) is 12.1 Å². The van der Waals surface area contributed by atoms with Crippen molar-refractivity contribution in [1.82, 2.24) is 10.3 Å². The van der Waals surface area contributed by atoms with Gasteiger partial charge in [0.05, 0.1) is 6.42 Å². The molecule has 4 nitrogen and oxygen atoms in total. The van der Waals surface area contributed by atoms with Crippen molar-refractivity contribution in [3.63, 3.8) is 0 Å². The van der Waals surface area contributed by atoms with Crippen molar-refractivity contribution in [3.05, 3.63) is 29.1 Å². The Morgan fingerprint density at radius 3 is 3.20 bits per heavy atom. The zero-order chi connectivity index (χ0) is 10.7. The quantitative estimate of drug-likeness (QED) is 0.766. The number of hydrogen-bond acceptors (Lipinski definition) is 3. The third-order valence-electron chi connectivity index (χ3n) is 2.58. The van der Waals surface area contributed by atoms with Crippen LogP contribution in [0.4, 0.5) is 0 Å². The molecule has 0 saturated carbocycles. The van der Waals surface area contributed by atoms with Crippen LogP contribution < -0.4 is 5.32 Å². The highest BCUT2D eigenvalue weighted by molar-refractivity contribution is 5.66. The van der Waals surface area contributed by atoms with Gasteiger partial charge in [-0.25, -0.2) is 0 Å². The van der Waals surface area contributed by atoms with Gasteiger partial charge in [0, 0.05) is 37.3 Å². The van der Waals surface area contributed by atoms with Crippen molar-refractivity contribution >= 4 is 5.97 Å². The molecule has 80 valence electrons. The molecular weight excluding hydrogens is 192 g/mol. The van der Waals surface area contributed by atoms with E-state index in [-0.39, 0.29) is 6.42 Å². The maximum atomic E-state index is 10.4. The lowest BCUT2D eigenvalue weighted by Crippen LogP contribution is -2.24. The van der Waals surface area contributed by atoms with Crippen LogP contribution in [0, 0.1) is 0 Å². The Balaban J connectivity index is 2.10. The van der Waals surface area contributed by atoms with Crippen LogP contribution in [0.25, 0.3) is 0 Å². The number of hydrogen-bond donors (Lipinski definition) is 2. The van der Waals surface area contributed by atoms with E-state index in [9.17, 15) is 4.79 Å². The number of aromatic nitrogens is 1. The zero-order valence-corrected chi connectivity index (χ0v) is 8.49. The Morgan fingerprint density at radius 2 is 2.40 bits per heavy atom. The summed E-state index contributed by atoms with van der Waals surface area (Å²) in [4.78, 5) is 14.9. The van der Waals surface area contributed by atoms with E-state index in [2.05, 4.69) is 10.3 Å². The number of nitrogens with zero attached hydrogens (tertiary/aromatic N) is 1. The van der Waals surface area contributed by atoms with E-state index in [4.69, 9.17) is 5.11 Å². The van der Waals surface area contributed by atoms with Crippen LogP contribution in [0.1, 0.15) is 23.4 Å². The second kappa shape index (κ2) is 4.40. The van der Waals surface area contributed by atoms with E-state index < -0.39 is 5.97 Å². The molecule has 0 fully saturated rings. The molecule has 0 radical (unpaired) electrons. The molecule has 2 heterocycles. The van der Waals surface area contributed by atoms with Gasteiger partial charge in [0.15, 0.2) is 0 Å². The number of carboxylic acid groups (broad SMARTS) is 1. The molecule has 0 aromatic carbocycles. The van der Waals surface area contributed by atoms with Crippen molar-refractivity contribution in [1.29, 1.82) is 0 Å². The van der Waals surface area contributed by atoms with Crippen molar-refractivity contribution in [3.8, 4) is 0 Å². The summed E-state index contributed by atoms with van der Waals surface area (Å²) in [6.07, 6.45) is 1.62. The fourth-order valence-corrected chi connectivity index (χ4v) is 1.76. The van der Waals surface area contributed by atoms with E-state index >= 15 is 0 Å². The fourth-order valence-electron chi connectivity index (χ4n) is 1.76. The van der Waals surface area contributed by atoms with E-state index in [0.29, 0.717) is 6.42 Å². The summed E-state index contributed by atoms with van der Waals surface area (Å²) in [7, 11) is 0. The Labute approximate surface area is 88.3 Å². The summed E-state index contributed by atoms with van der Waals surface area (Å²) in [5.41, 5.74) is 3.25. The molecule has 1 aliphatic heterocycles. The van der Waals surface area contributed by atoms with Gasteiger partial charge in [-0.2, -0.15) is 0 Å². The molecule has 15 heavy (non-hydrogen) atoms. The van der Waals surface area contributed by atoms with Gasteiger partial charge < -0.3 is 10.4 Å². The average molecular weight is 206 g/mol. The first-order chi connectivity index (χ1) is 7.25. The van der Waals surface area contributed by atoms with E-state index in [1.54, 1.807) is 0 Å². The van der Waals surface area contributed by atoms with Gasteiger partial charge in [0.2, 0.25) is 0 Å². The van der Waals surface area contributed by atoms with Crippen LogP contribution in [0.15, 0.2) is 12.1 Å². The van der Waals surface area contributed by atoms with E-state index in [1.165, 1.54) is 5.56 Å². The number of fused-ring (bicyclic) bond motifs is 1. The minimum Gasteiger partial charge on any atom is -0.481 e. The van der Waals surface area contributed by atoms with Gasteiger partial charge in [0.1, 0.15) is 0 Å². The summed E-state index contributed by atoms with van der Waals surface area (Å²) in [6.45, 7) is 1.84. The van der Waals surface area contributed by atoms with Crippen molar-refractivity contribution in [2.45, 2.75) is 25.8 Å². The predicted octanol–water partition coefficient (Wildman–Crippen LogP) is 0.744. The number of aliphatic carboxylic acids is 1. The number of carbonyl (C=O) groups is 1. The molecule has 0 amide bonds. The Bertz CT molecular complexity index is 377. The number of nitrogens with one attached hydrogen (secondary N) is 1.